The molecule has 1 atom stereocenters. The number of anilines is 1. The molecule has 1 aliphatic rings. The van der Waals surface area contributed by atoms with Crippen LogP contribution >= 0.6 is 15.9 Å². The summed E-state index contributed by atoms with van der Waals surface area (Å²) < 4.78 is 0.664. The van der Waals surface area contributed by atoms with Crippen molar-refractivity contribution in [2.45, 2.75) is 25.8 Å². The Labute approximate surface area is 119 Å². The van der Waals surface area contributed by atoms with Gasteiger partial charge >= 0.3 is 12.0 Å². The van der Waals surface area contributed by atoms with Crippen molar-refractivity contribution in [2.75, 3.05) is 11.9 Å². The second-order valence-electron chi connectivity index (χ2n) is 4.61. The van der Waals surface area contributed by atoms with Crippen LogP contribution in [0.3, 0.4) is 0 Å². The zero-order valence-corrected chi connectivity index (χ0v) is 12.1. The van der Waals surface area contributed by atoms with Crippen LogP contribution in [0.1, 0.15) is 30.1 Å². The molecule has 0 saturated carbocycles. The van der Waals surface area contributed by atoms with Gasteiger partial charge in [-0.05, 0) is 38.0 Å². The van der Waals surface area contributed by atoms with E-state index in [-0.39, 0.29) is 17.6 Å². The number of nitrogens with one attached hydrogen (secondary N) is 1. The largest absolute Gasteiger partial charge is 0.478 e. The topological polar surface area (TPSA) is 69.6 Å². The summed E-state index contributed by atoms with van der Waals surface area (Å²) in [7, 11) is 0. The van der Waals surface area contributed by atoms with Crippen LogP contribution in [-0.4, -0.2) is 34.6 Å². The number of halogens is 1. The molecule has 1 aromatic carbocycles. The number of likely N-dealkylation sites (tertiary alicyclic amines) is 1. The van der Waals surface area contributed by atoms with Gasteiger partial charge in [-0.3, -0.25) is 0 Å². The lowest BCUT2D eigenvalue weighted by Gasteiger charge is -2.22. The highest BCUT2D eigenvalue weighted by Crippen LogP contribution is 2.23. The van der Waals surface area contributed by atoms with Gasteiger partial charge in [-0.15, -0.1) is 0 Å². The van der Waals surface area contributed by atoms with Crippen LogP contribution < -0.4 is 5.32 Å². The second kappa shape index (κ2) is 5.61. The van der Waals surface area contributed by atoms with Gasteiger partial charge in [0, 0.05) is 17.1 Å². The fourth-order valence-electron chi connectivity index (χ4n) is 2.22. The summed E-state index contributed by atoms with van der Waals surface area (Å²) in [4.78, 5) is 25.0. The van der Waals surface area contributed by atoms with E-state index in [0.717, 1.165) is 12.8 Å². The highest BCUT2D eigenvalue weighted by molar-refractivity contribution is 9.10. The lowest BCUT2D eigenvalue weighted by Crippen LogP contribution is -2.37. The first-order valence-corrected chi connectivity index (χ1v) is 6.89. The molecule has 5 nitrogen and oxygen atoms in total. The first kappa shape index (κ1) is 13.9. The molecule has 2 rings (SSSR count). The van der Waals surface area contributed by atoms with Gasteiger partial charge in [0.25, 0.3) is 0 Å². The van der Waals surface area contributed by atoms with Gasteiger partial charge in [-0.25, -0.2) is 9.59 Å². The van der Waals surface area contributed by atoms with Crippen LogP contribution in [0.25, 0.3) is 0 Å². The quantitative estimate of drug-likeness (QED) is 0.877. The Balaban J connectivity index is 2.19. The Morgan fingerprint density at radius 3 is 2.79 bits per heavy atom. The van der Waals surface area contributed by atoms with Crippen LogP contribution in [0, 0.1) is 0 Å². The lowest BCUT2D eigenvalue weighted by molar-refractivity contribution is 0.0698. The highest BCUT2D eigenvalue weighted by atomic mass is 79.9. The van der Waals surface area contributed by atoms with E-state index in [9.17, 15) is 9.59 Å². The van der Waals surface area contributed by atoms with Crippen molar-refractivity contribution >= 4 is 33.6 Å². The van der Waals surface area contributed by atoms with Crippen molar-refractivity contribution in [3.05, 3.63) is 28.2 Å². The van der Waals surface area contributed by atoms with Crippen LogP contribution in [0.15, 0.2) is 22.7 Å². The molecular weight excluding hydrogens is 312 g/mol. The number of rotatable bonds is 2. The molecule has 0 aromatic heterocycles. The van der Waals surface area contributed by atoms with E-state index in [1.165, 1.54) is 6.07 Å². The molecule has 2 amide bonds. The van der Waals surface area contributed by atoms with Gasteiger partial charge in [0.05, 0.1) is 11.3 Å². The first-order chi connectivity index (χ1) is 8.99. The number of amides is 2. The molecule has 1 aliphatic heterocycles. The fourth-order valence-corrected chi connectivity index (χ4v) is 2.59. The molecule has 0 aliphatic carbocycles. The third-order valence-corrected chi connectivity index (χ3v) is 3.76. The number of hydrogen-bond donors (Lipinski definition) is 2. The van der Waals surface area contributed by atoms with Crippen LogP contribution in [0.5, 0.6) is 0 Å². The number of benzene rings is 1. The maximum atomic E-state index is 12.1. The summed E-state index contributed by atoms with van der Waals surface area (Å²) in [5.41, 5.74) is 0.398. The number of nitrogens with zero attached hydrogens (tertiary/aromatic N) is 1. The molecule has 0 spiro atoms. The van der Waals surface area contributed by atoms with E-state index in [2.05, 4.69) is 21.2 Å². The maximum Gasteiger partial charge on any atom is 0.337 e. The molecule has 1 saturated heterocycles. The van der Waals surface area contributed by atoms with Gasteiger partial charge in [0.15, 0.2) is 0 Å². The number of carbonyl (C=O) groups is 2. The highest BCUT2D eigenvalue weighted by Gasteiger charge is 2.25. The normalized spacial score (nSPS) is 18.4. The minimum atomic E-state index is -1.06. The summed E-state index contributed by atoms with van der Waals surface area (Å²) >= 11 is 3.22. The zero-order valence-electron chi connectivity index (χ0n) is 10.5. The summed E-state index contributed by atoms with van der Waals surface area (Å²) in [6.07, 6.45) is 1.97. The third kappa shape index (κ3) is 3.07. The number of hydrogen-bond acceptors (Lipinski definition) is 2. The van der Waals surface area contributed by atoms with E-state index < -0.39 is 5.97 Å². The molecule has 1 heterocycles. The molecular formula is C13H15BrN2O3. The van der Waals surface area contributed by atoms with Crippen molar-refractivity contribution in [2.24, 2.45) is 0 Å². The Hall–Kier alpha value is -1.56. The molecule has 19 heavy (non-hydrogen) atoms. The van der Waals surface area contributed by atoms with Crippen molar-refractivity contribution < 1.29 is 14.7 Å². The zero-order chi connectivity index (χ0) is 14.0. The lowest BCUT2D eigenvalue weighted by atomic mass is 10.2. The van der Waals surface area contributed by atoms with Crippen molar-refractivity contribution in [3.8, 4) is 0 Å². The van der Waals surface area contributed by atoms with Gasteiger partial charge in [0.2, 0.25) is 0 Å². The van der Waals surface area contributed by atoms with Gasteiger partial charge in [-0.2, -0.15) is 0 Å². The Morgan fingerprint density at radius 2 is 2.21 bits per heavy atom. The molecule has 0 bridgehead atoms. The molecule has 1 unspecified atom stereocenters. The first-order valence-electron chi connectivity index (χ1n) is 6.09. The molecule has 0 radical (unpaired) electrons. The third-order valence-electron chi connectivity index (χ3n) is 3.27. The van der Waals surface area contributed by atoms with Crippen LogP contribution in [-0.2, 0) is 0 Å². The standard InChI is InChI=1S/C13H15BrN2O3/c1-8-3-2-6-16(8)13(19)15-11-5-4-9(14)7-10(11)12(17)18/h4-5,7-8H,2-3,6H2,1H3,(H,15,19)(H,17,18). The minimum Gasteiger partial charge on any atom is -0.478 e. The minimum absolute atomic E-state index is 0.0783. The van der Waals surface area contributed by atoms with Gasteiger partial charge in [0.1, 0.15) is 0 Å². The summed E-state index contributed by atoms with van der Waals surface area (Å²) in [5.74, 6) is -1.06. The van der Waals surface area contributed by atoms with Crippen LogP contribution in [0.2, 0.25) is 0 Å². The van der Waals surface area contributed by atoms with E-state index in [4.69, 9.17) is 5.11 Å². The van der Waals surface area contributed by atoms with E-state index in [1.54, 1.807) is 17.0 Å². The molecule has 6 heteroatoms. The van der Waals surface area contributed by atoms with E-state index in [1.807, 2.05) is 6.92 Å². The predicted octanol–water partition coefficient (Wildman–Crippen LogP) is 3.16. The van der Waals surface area contributed by atoms with E-state index >= 15 is 0 Å². The molecule has 1 fully saturated rings. The maximum absolute atomic E-state index is 12.1. The Kier molecular flexibility index (Phi) is 4.09. The average Bonchev–Trinajstić information content (AvgIpc) is 2.77. The Morgan fingerprint density at radius 1 is 1.47 bits per heavy atom. The van der Waals surface area contributed by atoms with Crippen molar-refractivity contribution in [1.29, 1.82) is 0 Å². The number of carboxylic acids is 1. The van der Waals surface area contributed by atoms with Crippen LogP contribution in [0.4, 0.5) is 10.5 Å². The number of urea groups is 1. The smallest absolute Gasteiger partial charge is 0.337 e. The fraction of sp³-hybridized carbons (Fsp3) is 0.385. The molecule has 2 N–H and O–H groups in total. The molecule has 102 valence electrons. The van der Waals surface area contributed by atoms with Gasteiger partial charge in [-0.1, -0.05) is 15.9 Å². The second-order valence-corrected chi connectivity index (χ2v) is 5.53. The summed E-state index contributed by atoms with van der Waals surface area (Å²) in [6, 6.07) is 4.73. The van der Waals surface area contributed by atoms with Crippen molar-refractivity contribution in [1.82, 2.24) is 4.90 Å². The number of aromatic carboxylic acids is 1. The SMILES string of the molecule is CC1CCCN1C(=O)Nc1ccc(Br)cc1C(=O)O. The summed E-state index contributed by atoms with van der Waals surface area (Å²) in [5, 5.41) is 11.8. The summed E-state index contributed by atoms with van der Waals surface area (Å²) in [6.45, 7) is 2.71. The Bertz CT molecular complexity index is 519. The van der Waals surface area contributed by atoms with Gasteiger partial charge < -0.3 is 15.3 Å². The number of carbonyl (C=O) groups excluding carboxylic acids is 1. The number of carboxylic acid groups (broad SMARTS) is 1. The average molecular weight is 327 g/mol. The monoisotopic (exact) mass is 326 g/mol. The van der Waals surface area contributed by atoms with Crippen molar-refractivity contribution in [3.63, 3.8) is 0 Å². The molecule has 1 aromatic rings. The predicted molar refractivity (Wildman–Crippen MR) is 75.5 cm³/mol. The van der Waals surface area contributed by atoms with E-state index in [0.29, 0.717) is 16.7 Å².